The van der Waals surface area contributed by atoms with Gasteiger partial charge in [0.05, 0.1) is 10.6 Å². The summed E-state index contributed by atoms with van der Waals surface area (Å²) in [6.45, 7) is 1.67. The topological polar surface area (TPSA) is 91.2 Å². The molecule has 2 N–H and O–H groups in total. The Kier molecular flexibility index (Phi) is 9.31. The second-order valence-corrected chi connectivity index (χ2v) is 8.37. The van der Waals surface area contributed by atoms with Gasteiger partial charge < -0.3 is 15.3 Å². The van der Waals surface area contributed by atoms with Crippen LogP contribution >= 0.6 is 47.8 Å². The lowest BCUT2D eigenvalue weighted by atomic mass is 9.94. The molecule has 166 valence electrons. The average Bonchev–Trinajstić information content (AvgIpc) is 3.19. The molecule has 3 aromatic heterocycles. The molecular weight excluding hydrogens is 481 g/mol. The fourth-order valence-electron chi connectivity index (χ4n) is 3.35. The number of carboxylic acid groups (broad SMARTS) is 1. The zero-order chi connectivity index (χ0) is 20.2. The van der Waals surface area contributed by atoms with E-state index in [4.69, 9.17) is 16.7 Å². The Balaban J connectivity index is 0.00000171. The van der Waals surface area contributed by atoms with Crippen LogP contribution in [0.3, 0.4) is 0 Å². The highest BCUT2D eigenvalue weighted by Gasteiger charge is 2.23. The fourth-order valence-corrected chi connectivity index (χ4v) is 4.45. The van der Waals surface area contributed by atoms with Gasteiger partial charge in [0.25, 0.3) is 0 Å². The monoisotopic (exact) mass is 501 g/mol. The van der Waals surface area contributed by atoms with Crippen LogP contribution in [0.2, 0.25) is 5.02 Å². The molecule has 11 heteroatoms. The number of nitrogens with zero attached hydrogens (tertiary/aromatic N) is 4. The molecule has 0 amide bonds. The van der Waals surface area contributed by atoms with E-state index in [-0.39, 0.29) is 37.2 Å². The molecule has 3 aromatic rings. The number of rotatable bonds is 6. The average molecular weight is 503 g/mol. The summed E-state index contributed by atoms with van der Waals surface area (Å²) in [5.74, 6) is 0.860. The van der Waals surface area contributed by atoms with Gasteiger partial charge in [-0.2, -0.15) is 0 Å². The minimum Gasteiger partial charge on any atom is -0.481 e. The molecule has 0 spiro atoms. The SMILES string of the molecule is Cl.Cl.O=C(O)CC1CCN(c2ncc(-c3cccc(Nc4cc(Cl)ccn4)n3)s2)CC1. The molecule has 1 aliphatic heterocycles. The Morgan fingerprint density at radius 2 is 1.97 bits per heavy atom. The number of anilines is 3. The smallest absolute Gasteiger partial charge is 0.303 e. The third kappa shape index (κ3) is 6.67. The fraction of sp³-hybridized carbons (Fsp3) is 0.300. The molecule has 1 saturated heterocycles. The molecule has 1 fully saturated rings. The maximum Gasteiger partial charge on any atom is 0.303 e. The van der Waals surface area contributed by atoms with Crippen LogP contribution in [0.1, 0.15) is 19.3 Å². The summed E-state index contributed by atoms with van der Waals surface area (Å²) in [6, 6.07) is 9.23. The van der Waals surface area contributed by atoms with Gasteiger partial charge in [-0.1, -0.05) is 29.0 Å². The van der Waals surface area contributed by atoms with Crippen LogP contribution in [0.25, 0.3) is 10.6 Å². The van der Waals surface area contributed by atoms with E-state index in [1.807, 2.05) is 24.4 Å². The molecule has 4 heterocycles. The molecule has 4 rings (SSSR count). The van der Waals surface area contributed by atoms with Gasteiger partial charge in [-0.25, -0.2) is 15.0 Å². The predicted molar refractivity (Wildman–Crippen MR) is 130 cm³/mol. The summed E-state index contributed by atoms with van der Waals surface area (Å²) in [7, 11) is 0. The summed E-state index contributed by atoms with van der Waals surface area (Å²) < 4.78 is 0. The Labute approximate surface area is 201 Å². The first kappa shape index (κ1) is 25.1. The van der Waals surface area contributed by atoms with Crippen molar-refractivity contribution in [2.45, 2.75) is 19.3 Å². The lowest BCUT2D eigenvalue weighted by molar-refractivity contribution is -0.138. The number of halogens is 3. The van der Waals surface area contributed by atoms with Gasteiger partial charge in [-0.15, -0.1) is 24.8 Å². The highest BCUT2D eigenvalue weighted by Crippen LogP contribution is 2.33. The molecule has 31 heavy (non-hydrogen) atoms. The summed E-state index contributed by atoms with van der Waals surface area (Å²) in [5.41, 5.74) is 0.835. The molecule has 0 saturated carbocycles. The van der Waals surface area contributed by atoms with E-state index in [1.54, 1.807) is 29.7 Å². The highest BCUT2D eigenvalue weighted by atomic mass is 35.5. The van der Waals surface area contributed by atoms with Crippen LogP contribution < -0.4 is 10.2 Å². The molecule has 0 radical (unpaired) electrons. The second kappa shape index (κ2) is 11.5. The number of aromatic nitrogens is 3. The maximum absolute atomic E-state index is 10.9. The van der Waals surface area contributed by atoms with E-state index in [2.05, 4.69) is 25.2 Å². The molecular formula is C20H22Cl3N5O2S. The first-order valence-electron chi connectivity index (χ1n) is 9.35. The number of hydrogen-bond donors (Lipinski definition) is 2. The molecule has 0 atom stereocenters. The number of thiazole rings is 1. The van der Waals surface area contributed by atoms with E-state index < -0.39 is 5.97 Å². The molecule has 1 aliphatic rings. The Morgan fingerprint density at radius 3 is 2.68 bits per heavy atom. The molecule has 0 aliphatic carbocycles. The predicted octanol–water partition coefficient (Wildman–Crippen LogP) is 5.53. The van der Waals surface area contributed by atoms with E-state index in [9.17, 15) is 4.79 Å². The number of pyridine rings is 2. The molecule has 7 nitrogen and oxygen atoms in total. The van der Waals surface area contributed by atoms with Crippen LogP contribution in [0, 0.1) is 5.92 Å². The quantitative estimate of drug-likeness (QED) is 0.458. The molecule has 0 unspecified atom stereocenters. The van der Waals surface area contributed by atoms with Crippen molar-refractivity contribution in [3.63, 3.8) is 0 Å². The highest BCUT2D eigenvalue weighted by molar-refractivity contribution is 7.18. The van der Waals surface area contributed by atoms with Gasteiger partial charge in [0.15, 0.2) is 5.13 Å². The van der Waals surface area contributed by atoms with E-state index in [1.165, 1.54) is 0 Å². The number of aliphatic carboxylic acids is 1. The third-order valence-electron chi connectivity index (χ3n) is 4.82. The lowest BCUT2D eigenvalue weighted by Crippen LogP contribution is -2.34. The van der Waals surface area contributed by atoms with Gasteiger partial charge >= 0.3 is 5.97 Å². The van der Waals surface area contributed by atoms with Crippen molar-refractivity contribution in [1.82, 2.24) is 15.0 Å². The van der Waals surface area contributed by atoms with Crippen LogP contribution in [0.5, 0.6) is 0 Å². The lowest BCUT2D eigenvalue weighted by Gasteiger charge is -2.30. The zero-order valence-corrected chi connectivity index (χ0v) is 19.6. The van der Waals surface area contributed by atoms with Gasteiger partial charge in [0.1, 0.15) is 11.6 Å². The minimum atomic E-state index is -0.715. The molecule has 0 aromatic carbocycles. The van der Waals surface area contributed by atoms with Crippen molar-refractivity contribution in [1.29, 1.82) is 0 Å². The van der Waals surface area contributed by atoms with E-state index in [0.29, 0.717) is 16.7 Å². The summed E-state index contributed by atoms with van der Waals surface area (Å²) in [6.07, 6.45) is 5.50. The number of carbonyl (C=O) groups is 1. The van der Waals surface area contributed by atoms with E-state index >= 15 is 0 Å². The number of nitrogens with one attached hydrogen (secondary N) is 1. The Morgan fingerprint density at radius 1 is 1.19 bits per heavy atom. The van der Waals surface area contributed by atoms with Crippen molar-refractivity contribution in [3.05, 3.63) is 47.7 Å². The third-order valence-corrected chi connectivity index (χ3v) is 6.14. The number of carboxylic acids is 1. The Bertz CT molecular complexity index is 1010. The summed E-state index contributed by atoms with van der Waals surface area (Å²) >= 11 is 7.60. The minimum absolute atomic E-state index is 0. The summed E-state index contributed by atoms with van der Waals surface area (Å²) in [4.78, 5) is 27.6. The van der Waals surface area contributed by atoms with Crippen molar-refractivity contribution < 1.29 is 9.90 Å². The van der Waals surface area contributed by atoms with Crippen molar-refractivity contribution in [3.8, 4) is 10.6 Å². The zero-order valence-electron chi connectivity index (χ0n) is 16.4. The van der Waals surface area contributed by atoms with E-state index in [0.717, 1.165) is 41.6 Å². The largest absolute Gasteiger partial charge is 0.481 e. The second-order valence-electron chi connectivity index (χ2n) is 6.93. The number of piperidine rings is 1. The normalized spacial score (nSPS) is 13.8. The van der Waals surface area contributed by atoms with Crippen LogP contribution in [0.4, 0.5) is 16.8 Å². The van der Waals surface area contributed by atoms with Crippen molar-refractivity contribution in [2.75, 3.05) is 23.3 Å². The van der Waals surface area contributed by atoms with Crippen molar-refractivity contribution in [2.24, 2.45) is 5.92 Å². The van der Waals surface area contributed by atoms with Gasteiger partial charge in [0, 0.05) is 36.9 Å². The number of hydrogen-bond acceptors (Lipinski definition) is 7. The standard InChI is InChI=1S/C20H20ClN5O2S.2ClH/c21-14-4-7-22-18(11-14)25-17-3-1-2-15(24-17)16-12-23-20(29-16)26-8-5-13(6-9-26)10-19(27)28;;/h1-4,7,11-13H,5-6,8-10H2,(H,27,28)(H,22,24,25);2*1H. The van der Waals surface area contributed by atoms with Crippen LogP contribution in [-0.4, -0.2) is 39.1 Å². The van der Waals surface area contributed by atoms with Gasteiger partial charge in [-0.05, 0) is 43.0 Å². The maximum atomic E-state index is 10.9. The van der Waals surface area contributed by atoms with Gasteiger partial charge in [0.2, 0.25) is 0 Å². The van der Waals surface area contributed by atoms with Crippen LogP contribution in [0.15, 0.2) is 42.7 Å². The first-order chi connectivity index (χ1) is 14.1. The molecule has 0 bridgehead atoms. The van der Waals surface area contributed by atoms with Gasteiger partial charge in [-0.3, -0.25) is 4.79 Å². The van der Waals surface area contributed by atoms with Crippen molar-refractivity contribution >= 4 is 70.5 Å². The Hall–Kier alpha value is -2.13. The summed E-state index contributed by atoms with van der Waals surface area (Å²) in [5, 5.41) is 13.7. The van der Waals surface area contributed by atoms with Crippen LogP contribution in [-0.2, 0) is 4.79 Å². The first-order valence-corrected chi connectivity index (χ1v) is 10.5.